The van der Waals surface area contributed by atoms with Gasteiger partial charge in [-0.05, 0) is 51.6 Å². The number of rotatable bonds is 9. The first-order chi connectivity index (χ1) is 8.36. The maximum absolute atomic E-state index is 3.72. The summed E-state index contributed by atoms with van der Waals surface area (Å²) < 4.78 is 0. The Labute approximate surface area is 108 Å². The van der Waals surface area contributed by atoms with Crippen molar-refractivity contribution in [2.45, 2.75) is 83.7 Å². The number of nitrogens with one attached hydrogen (secondary N) is 2. The van der Waals surface area contributed by atoms with Gasteiger partial charge in [0.2, 0.25) is 0 Å². The second-order valence-corrected chi connectivity index (χ2v) is 5.52. The molecule has 102 valence electrons. The zero-order valence-corrected chi connectivity index (χ0v) is 11.9. The lowest BCUT2D eigenvalue weighted by atomic mass is 9.91. The summed E-state index contributed by atoms with van der Waals surface area (Å²) in [5.74, 6) is 0. The van der Waals surface area contributed by atoms with Gasteiger partial charge in [0.25, 0.3) is 0 Å². The highest BCUT2D eigenvalue weighted by Crippen LogP contribution is 2.18. The molecule has 0 heterocycles. The number of hydrogen-bond acceptors (Lipinski definition) is 2. The third-order valence-electron chi connectivity index (χ3n) is 3.90. The van der Waals surface area contributed by atoms with E-state index in [9.17, 15) is 0 Å². The highest BCUT2D eigenvalue weighted by atomic mass is 14.9. The molecule has 1 aliphatic rings. The largest absolute Gasteiger partial charge is 0.314 e. The molecule has 0 aromatic rings. The highest BCUT2D eigenvalue weighted by molar-refractivity contribution is 4.80. The van der Waals surface area contributed by atoms with E-state index in [2.05, 4.69) is 24.5 Å². The van der Waals surface area contributed by atoms with Crippen molar-refractivity contribution >= 4 is 0 Å². The van der Waals surface area contributed by atoms with Crippen LogP contribution >= 0.6 is 0 Å². The van der Waals surface area contributed by atoms with Crippen LogP contribution < -0.4 is 10.6 Å². The maximum Gasteiger partial charge on any atom is 0.00682 e. The number of hydrogen-bond donors (Lipinski definition) is 2. The van der Waals surface area contributed by atoms with Gasteiger partial charge in [-0.15, -0.1) is 0 Å². The van der Waals surface area contributed by atoms with Gasteiger partial charge in [0.1, 0.15) is 0 Å². The zero-order valence-electron chi connectivity index (χ0n) is 11.9. The maximum atomic E-state index is 3.72. The predicted molar refractivity (Wildman–Crippen MR) is 76.5 cm³/mol. The summed E-state index contributed by atoms with van der Waals surface area (Å²) in [5, 5.41) is 7.41. The Bertz CT molecular complexity index is 162. The molecule has 0 atom stereocenters. The molecule has 17 heavy (non-hydrogen) atoms. The summed E-state index contributed by atoms with van der Waals surface area (Å²) >= 11 is 0. The van der Waals surface area contributed by atoms with E-state index in [0.29, 0.717) is 0 Å². The molecule has 2 N–H and O–H groups in total. The molecule has 1 aliphatic carbocycles. The van der Waals surface area contributed by atoms with Gasteiger partial charge in [0.05, 0.1) is 0 Å². The van der Waals surface area contributed by atoms with E-state index in [1.165, 1.54) is 70.9 Å². The average Bonchev–Trinajstić information content (AvgIpc) is 2.37. The van der Waals surface area contributed by atoms with E-state index >= 15 is 0 Å². The first-order valence-corrected chi connectivity index (χ1v) is 7.83. The molecule has 1 fully saturated rings. The average molecular weight is 240 g/mol. The first-order valence-electron chi connectivity index (χ1n) is 7.83. The molecular weight excluding hydrogens is 208 g/mol. The fraction of sp³-hybridized carbons (Fsp3) is 1.00. The van der Waals surface area contributed by atoms with Crippen molar-refractivity contribution in [3.05, 3.63) is 0 Å². The van der Waals surface area contributed by atoms with E-state index in [0.717, 1.165) is 12.1 Å². The summed E-state index contributed by atoms with van der Waals surface area (Å²) in [4.78, 5) is 0. The minimum Gasteiger partial charge on any atom is -0.314 e. The lowest BCUT2D eigenvalue weighted by Gasteiger charge is -2.30. The van der Waals surface area contributed by atoms with Crippen molar-refractivity contribution in [2.24, 2.45) is 0 Å². The van der Waals surface area contributed by atoms with Crippen LogP contribution in [0.3, 0.4) is 0 Å². The zero-order chi connectivity index (χ0) is 12.3. The molecule has 0 aromatic carbocycles. The van der Waals surface area contributed by atoms with Crippen molar-refractivity contribution in [3.63, 3.8) is 0 Å². The molecule has 2 heteroatoms. The van der Waals surface area contributed by atoms with Crippen LogP contribution in [0.4, 0.5) is 0 Å². The normalized spacial score (nSPS) is 25.1. The van der Waals surface area contributed by atoms with Gasteiger partial charge in [-0.3, -0.25) is 0 Å². The SMILES string of the molecule is CCCCCNC1CCC(NCCCC)CC1. The second-order valence-electron chi connectivity index (χ2n) is 5.52. The van der Waals surface area contributed by atoms with E-state index in [4.69, 9.17) is 0 Å². The quantitative estimate of drug-likeness (QED) is 0.603. The van der Waals surface area contributed by atoms with Gasteiger partial charge < -0.3 is 10.6 Å². The minimum atomic E-state index is 0.801. The molecular formula is C15H32N2. The van der Waals surface area contributed by atoms with E-state index in [1.807, 2.05) is 0 Å². The van der Waals surface area contributed by atoms with Crippen LogP contribution in [-0.2, 0) is 0 Å². The lowest BCUT2D eigenvalue weighted by Crippen LogP contribution is -2.40. The fourth-order valence-electron chi connectivity index (χ4n) is 2.67. The Balaban J connectivity index is 1.97. The van der Waals surface area contributed by atoms with Gasteiger partial charge in [-0.1, -0.05) is 33.1 Å². The molecule has 0 aromatic heterocycles. The Morgan fingerprint density at radius 3 is 1.65 bits per heavy atom. The van der Waals surface area contributed by atoms with Crippen LogP contribution in [0.1, 0.15) is 71.6 Å². The molecule has 0 amide bonds. The van der Waals surface area contributed by atoms with Crippen LogP contribution in [0, 0.1) is 0 Å². The minimum absolute atomic E-state index is 0.801. The topological polar surface area (TPSA) is 24.1 Å². The molecule has 0 radical (unpaired) electrons. The van der Waals surface area contributed by atoms with E-state index < -0.39 is 0 Å². The van der Waals surface area contributed by atoms with Crippen LogP contribution in [0.15, 0.2) is 0 Å². The van der Waals surface area contributed by atoms with Gasteiger partial charge in [-0.25, -0.2) is 0 Å². The van der Waals surface area contributed by atoms with E-state index in [-0.39, 0.29) is 0 Å². The first kappa shape index (κ1) is 15.0. The lowest BCUT2D eigenvalue weighted by molar-refractivity contribution is 0.306. The summed E-state index contributed by atoms with van der Waals surface area (Å²) in [6, 6.07) is 1.60. The second kappa shape index (κ2) is 9.90. The van der Waals surface area contributed by atoms with Gasteiger partial charge >= 0.3 is 0 Å². The molecule has 0 spiro atoms. The third-order valence-corrected chi connectivity index (χ3v) is 3.90. The highest BCUT2D eigenvalue weighted by Gasteiger charge is 2.19. The van der Waals surface area contributed by atoms with Crippen molar-refractivity contribution in [3.8, 4) is 0 Å². The van der Waals surface area contributed by atoms with Gasteiger partial charge in [0, 0.05) is 12.1 Å². The molecule has 0 saturated heterocycles. The third kappa shape index (κ3) is 7.05. The monoisotopic (exact) mass is 240 g/mol. The standard InChI is InChI=1S/C15H32N2/c1-3-5-7-13-17-15-10-8-14(9-11-15)16-12-6-4-2/h14-17H,3-13H2,1-2H3. The van der Waals surface area contributed by atoms with Crippen molar-refractivity contribution in [1.29, 1.82) is 0 Å². The Kier molecular flexibility index (Phi) is 8.72. The summed E-state index contributed by atoms with van der Waals surface area (Å²) in [6.45, 7) is 6.98. The van der Waals surface area contributed by atoms with Crippen LogP contribution in [-0.4, -0.2) is 25.2 Å². The van der Waals surface area contributed by atoms with Crippen molar-refractivity contribution in [1.82, 2.24) is 10.6 Å². The Morgan fingerprint density at radius 2 is 1.18 bits per heavy atom. The van der Waals surface area contributed by atoms with Gasteiger partial charge in [0.15, 0.2) is 0 Å². The molecule has 1 rings (SSSR count). The molecule has 1 saturated carbocycles. The van der Waals surface area contributed by atoms with Crippen LogP contribution in [0.5, 0.6) is 0 Å². The molecule has 0 unspecified atom stereocenters. The Morgan fingerprint density at radius 1 is 0.706 bits per heavy atom. The summed E-state index contributed by atoms with van der Waals surface area (Å²) in [7, 11) is 0. The summed E-state index contributed by atoms with van der Waals surface area (Å²) in [5.41, 5.74) is 0. The van der Waals surface area contributed by atoms with Crippen LogP contribution in [0.2, 0.25) is 0 Å². The fourth-order valence-corrected chi connectivity index (χ4v) is 2.67. The number of unbranched alkanes of at least 4 members (excludes halogenated alkanes) is 3. The molecule has 0 bridgehead atoms. The summed E-state index contributed by atoms with van der Waals surface area (Å²) in [6.07, 6.45) is 12.2. The molecule has 0 aliphatic heterocycles. The van der Waals surface area contributed by atoms with Crippen molar-refractivity contribution in [2.75, 3.05) is 13.1 Å². The predicted octanol–water partition coefficient (Wildman–Crippen LogP) is 3.47. The van der Waals surface area contributed by atoms with Gasteiger partial charge in [-0.2, -0.15) is 0 Å². The van der Waals surface area contributed by atoms with E-state index in [1.54, 1.807) is 0 Å². The van der Waals surface area contributed by atoms with Crippen LogP contribution in [0.25, 0.3) is 0 Å². The van der Waals surface area contributed by atoms with Crippen molar-refractivity contribution < 1.29 is 0 Å². The molecule has 2 nitrogen and oxygen atoms in total. The Hall–Kier alpha value is -0.0800. The smallest absolute Gasteiger partial charge is 0.00682 e.